The Hall–Kier alpha value is -2.17. The van der Waals surface area contributed by atoms with E-state index in [0.29, 0.717) is 11.1 Å². The average molecular weight is 258 g/mol. The van der Waals surface area contributed by atoms with Gasteiger partial charge in [0.05, 0.1) is 5.56 Å². The molecular weight excluding hydrogens is 244 g/mol. The number of aromatic carboxylic acids is 1. The van der Waals surface area contributed by atoms with Crippen molar-refractivity contribution in [1.29, 1.82) is 0 Å². The molecule has 0 aliphatic heterocycles. The third-order valence-electron chi connectivity index (χ3n) is 2.94. The summed E-state index contributed by atoms with van der Waals surface area (Å²) >= 11 is 0. The second kappa shape index (κ2) is 5.65. The van der Waals surface area contributed by atoms with Crippen LogP contribution in [0.25, 0.3) is 0 Å². The first kappa shape index (κ1) is 13.3. The Balaban J connectivity index is 2.19. The minimum atomic E-state index is -1.09. The van der Waals surface area contributed by atoms with Crippen LogP contribution in [0.2, 0.25) is 0 Å². The number of carbonyl (C=O) groups is 1. The van der Waals surface area contributed by atoms with Gasteiger partial charge in [0, 0.05) is 0 Å². The highest BCUT2D eigenvalue weighted by Crippen LogP contribution is 2.28. The highest BCUT2D eigenvalue weighted by atomic mass is 16.4. The van der Waals surface area contributed by atoms with Crippen LogP contribution >= 0.6 is 0 Å². The van der Waals surface area contributed by atoms with Crippen molar-refractivity contribution in [3.63, 3.8) is 0 Å². The molecule has 0 fully saturated rings. The van der Waals surface area contributed by atoms with Gasteiger partial charge >= 0.3 is 5.97 Å². The summed E-state index contributed by atoms with van der Waals surface area (Å²) in [6, 6.07) is 14.6. The van der Waals surface area contributed by atoms with E-state index in [9.17, 15) is 15.0 Å². The molecule has 2 atom stereocenters. The first-order chi connectivity index (χ1) is 9.09. The Morgan fingerprint density at radius 2 is 1.26 bits per heavy atom. The zero-order valence-corrected chi connectivity index (χ0v) is 10.1. The van der Waals surface area contributed by atoms with Crippen molar-refractivity contribution >= 4 is 5.97 Å². The van der Waals surface area contributed by atoms with E-state index in [1.165, 1.54) is 24.3 Å². The summed E-state index contributed by atoms with van der Waals surface area (Å²) in [6.07, 6.45) is -2.14. The summed E-state index contributed by atoms with van der Waals surface area (Å²) in [5.41, 5.74) is 1.23. The van der Waals surface area contributed by atoms with Gasteiger partial charge in [0.2, 0.25) is 0 Å². The molecule has 4 heteroatoms. The van der Waals surface area contributed by atoms with E-state index in [0.717, 1.165) is 0 Å². The van der Waals surface area contributed by atoms with Crippen molar-refractivity contribution in [2.24, 2.45) is 0 Å². The molecule has 3 N–H and O–H groups in total. The average Bonchev–Trinajstić information content (AvgIpc) is 2.46. The lowest BCUT2D eigenvalue weighted by molar-refractivity contribution is 0.0172. The summed E-state index contributed by atoms with van der Waals surface area (Å²) in [4.78, 5) is 10.7. The van der Waals surface area contributed by atoms with Gasteiger partial charge in [-0.15, -0.1) is 0 Å². The van der Waals surface area contributed by atoms with Gasteiger partial charge in [-0.25, -0.2) is 4.79 Å². The quantitative estimate of drug-likeness (QED) is 0.785. The Bertz CT molecular complexity index is 548. The van der Waals surface area contributed by atoms with Gasteiger partial charge in [0.1, 0.15) is 12.2 Å². The summed E-state index contributed by atoms with van der Waals surface area (Å²) in [6.45, 7) is 0. The van der Waals surface area contributed by atoms with Crippen LogP contribution in [0.5, 0.6) is 0 Å². The Labute approximate surface area is 110 Å². The first-order valence-electron chi connectivity index (χ1n) is 5.84. The fraction of sp³-hybridized carbons (Fsp3) is 0.133. The highest BCUT2D eigenvalue weighted by Gasteiger charge is 2.20. The number of benzene rings is 2. The molecule has 98 valence electrons. The lowest BCUT2D eigenvalue weighted by atomic mass is 9.97. The normalized spacial score (nSPS) is 13.8. The van der Waals surface area contributed by atoms with Crippen LogP contribution in [0, 0.1) is 0 Å². The van der Waals surface area contributed by atoms with E-state index in [2.05, 4.69) is 0 Å². The van der Waals surface area contributed by atoms with Gasteiger partial charge in [0.15, 0.2) is 0 Å². The molecule has 19 heavy (non-hydrogen) atoms. The van der Waals surface area contributed by atoms with E-state index in [1.807, 2.05) is 6.07 Å². The first-order valence-corrected chi connectivity index (χ1v) is 5.84. The number of hydrogen-bond donors (Lipinski definition) is 3. The Morgan fingerprint density at radius 1 is 0.789 bits per heavy atom. The van der Waals surface area contributed by atoms with E-state index < -0.39 is 18.2 Å². The predicted molar refractivity (Wildman–Crippen MR) is 69.8 cm³/mol. The number of aliphatic hydroxyl groups is 2. The summed E-state index contributed by atoms with van der Waals surface area (Å²) in [5, 5.41) is 28.9. The van der Waals surface area contributed by atoms with Crippen molar-refractivity contribution in [2.75, 3.05) is 0 Å². The van der Waals surface area contributed by atoms with Crippen molar-refractivity contribution < 1.29 is 20.1 Å². The van der Waals surface area contributed by atoms with Crippen LogP contribution in [0.1, 0.15) is 33.7 Å². The lowest BCUT2D eigenvalue weighted by Crippen LogP contribution is -2.10. The van der Waals surface area contributed by atoms with Crippen LogP contribution < -0.4 is 0 Å². The molecule has 0 heterocycles. The Kier molecular flexibility index (Phi) is 3.94. The SMILES string of the molecule is O=C(O)c1ccc([C@H](O)[C@@H](O)c2ccccc2)cc1. The zero-order valence-electron chi connectivity index (χ0n) is 10.1. The molecule has 0 aliphatic carbocycles. The van der Waals surface area contributed by atoms with E-state index in [-0.39, 0.29) is 5.56 Å². The van der Waals surface area contributed by atoms with Gasteiger partial charge in [-0.3, -0.25) is 0 Å². The maximum absolute atomic E-state index is 10.7. The topological polar surface area (TPSA) is 77.8 Å². The maximum Gasteiger partial charge on any atom is 0.335 e. The monoisotopic (exact) mass is 258 g/mol. The lowest BCUT2D eigenvalue weighted by Gasteiger charge is -2.18. The van der Waals surface area contributed by atoms with Crippen molar-refractivity contribution in [1.82, 2.24) is 0 Å². The van der Waals surface area contributed by atoms with Crippen LogP contribution in [0.3, 0.4) is 0 Å². The van der Waals surface area contributed by atoms with Gasteiger partial charge in [-0.05, 0) is 23.3 Å². The third-order valence-corrected chi connectivity index (χ3v) is 2.94. The molecule has 0 unspecified atom stereocenters. The standard InChI is InChI=1S/C15H14O4/c16-13(10-4-2-1-3-5-10)14(17)11-6-8-12(9-7-11)15(18)19/h1-9,13-14,16-17H,(H,18,19)/t13-,14-/m0/s1. The Morgan fingerprint density at radius 3 is 1.74 bits per heavy atom. The molecule has 2 aromatic carbocycles. The van der Waals surface area contributed by atoms with Gasteiger partial charge < -0.3 is 15.3 Å². The predicted octanol–water partition coefficient (Wildman–Crippen LogP) is 2.15. The molecule has 0 aliphatic rings. The van der Waals surface area contributed by atoms with E-state index in [1.54, 1.807) is 24.3 Å². The number of aliphatic hydroxyl groups excluding tert-OH is 2. The van der Waals surface area contributed by atoms with E-state index in [4.69, 9.17) is 5.11 Å². The molecule has 0 saturated heterocycles. The molecular formula is C15H14O4. The summed E-state index contributed by atoms with van der Waals surface area (Å²) in [7, 11) is 0. The van der Waals surface area contributed by atoms with Gasteiger partial charge in [-0.2, -0.15) is 0 Å². The van der Waals surface area contributed by atoms with E-state index >= 15 is 0 Å². The fourth-order valence-corrected chi connectivity index (χ4v) is 1.84. The largest absolute Gasteiger partial charge is 0.478 e. The minimum Gasteiger partial charge on any atom is -0.478 e. The number of carboxylic acids is 1. The molecule has 4 nitrogen and oxygen atoms in total. The van der Waals surface area contributed by atoms with Crippen molar-refractivity contribution in [2.45, 2.75) is 12.2 Å². The van der Waals surface area contributed by atoms with Gasteiger partial charge in [0.25, 0.3) is 0 Å². The molecule has 0 amide bonds. The molecule has 0 radical (unpaired) electrons. The molecule has 0 bridgehead atoms. The third kappa shape index (κ3) is 2.99. The number of hydrogen-bond acceptors (Lipinski definition) is 3. The highest BCUT2D eigenvalue weighted by molar-refractivity contribution is 5.87. The van der Waals surface area contributed by atoms with Crippen molar-refractivity contribution in [3.05, 3.63) is 71.3 Å². The molecule has 0 spiro atoms. The van der Waals surface area contributed by atoms with Crippen LogP contribution in [-0.4, -0.2) is 21.3 Å². The molecule has 0 saturated carbocycles. The smallest absolute Gasteiger partial charge is 0.335 e. The molecule has 2 aromatic rings. The van der Waals surface area contributed by atoms with Crippen LogP contribution in [0.15, 0.2) is 54.6 Å². The van der Waals surface area contributed by atoms with Gasteiger partial charge in [-0.1, -0.05) is 42.5 Å². The zero-order chi connectivity index (χ0) is 13.8. The maximum atomic E-state index is 10.7. The second-order valence-corrected chi connectivity index (χ2v) is 4.23. The van der Waals surface area contributed by atoms with Crippen LogP contribution in [-0.2, 0) is 0 Å². The number of rotatable bonds is 4. The number of carboxylic acid groups (broad SMARTS) is 1. The summed E-state index contributed by atoms with van der Waals surface area (Å²) in [5.74, 6) is -1.02. The summed E-state index contributed by atoms with van der Waals surface area (Å²) < 4.78 is 0. The minimum absolute atomic E-state index is 0.144. The molecule has 0 aromatic heterocycles. The molecule has 2 rings (SSSR count). The second-order valence-electron chi connectivity index (χ2n) is 4.23. The van der Waals surface area contributed by atoms with Crippen molar-refractivity contribution in [3.8, 4) is 0 Å². The fourth-order valence-electron chi connectivity index (χ4n) is 1.84. The van der Waals surface area contributed by atoms with Crippen LogP contribution in [0.4, 0.5) is 0 Å².